The predicted molar refractivity (Wildman–Crippen MR) is 76.1 cm³/mol. The summed E-state index contributed by atoms with van der Waals surface area (Å²) < 4.78 is 0.611. The van der Waals surface area contributed by atoms with Crippen molar-refractivity contribution in [2.24, 2.45) is 0 Å². The molecule has 0 spiro atoms. The van der Waals surface area contributed by atoms with Crippen LogP contribution in [0.15, 0.2) is 35.3 Å². The number of nitrogens with zero attached hydrogens (tertiary/aromatic N) is 3. The van der Waals surface area contributed by atoms with E-state index in [-0.39, 0.29) is 5.91 Å². The summed E-state index contributed by atoms with van der Waals surface area (Å²) in [7, 11) is 0. The van der Waals surface area contributed by atoms with Crippen LogP contribution in [-0.4, -0.2) is 27.4 Å². The van der Waals surface area contributed by atoms with Crippen molar-refractivity contribution in [2.45, 2.75) is 6.92 Å². The van der Waals surface area contributed by atoms with E-state index in [0.29, 0.717) is 28.3 Å². The standard InChI is InChI=1S/C12H12BrN5O/c1-2-14-11-8(4-3-5-15-11)12(19)18-10-7-16-9(13)6-17-10/h3-7H,2H2,1H3,(H,14,15)(H,17,18,19). The molecule has 0 aromatic carbocycles. The van der Waals surface area contributed by atoms with Crippen LogP contribution in [0.1, 0.15) is 17.3 Å². The molecule has 0 bridgehead atoms. The quantitative estimate of drug-likeness (QED) is 0.903. The second-order valence-electron chi connectivity index (χ2n) is 3.61. The Labute approximate surface area is 118 Å². The highest BCUT2D eigenvalue weighted by molar-refractivity contribution is 9.10. The summed E-state index contributed by atoms with van der Waals surface area (Å²) in [6, 6.07) is 3.41. The van der Waals surface area contributed by atoms with Gasteiger partial charge in [0, 0.05) is 12.7 Å². The van der Waals surface area contributed by atoms with Crippen LogP contribution in [0.3, 0.4) is 0 Å². The van der Waals surface area contributed by atoms with Gasteiger partial charge in [0.2, 0.25) is 0 Å². The van der Waals surface area contributed by atoms with Crippen molar-refractivity contribution < 1.29 is 4.79 Å². The molecule has 7 heteroatoms. The van der Waals surface area contributed by atoms with E-state index in [2.05, 4.69) is 41.5 Å². The smallest absolute Gasteiger partial charge is 0.260 e. The Morgan fingerprint density at radius 1 is 1.32 bits per heavy atom. The Morgan fingerprint density at radius 3 is 2.84 bits per heavy atom. The van der Waals surface area contributed by atoms with Crippen LogP contribution in [0, 0.1) is 0 Å². The highest BCUT2D eigenvalue weighted by Gasteiger charge is 2.12. The first-order valence-electron chi connectivity index (χ1n) is 5.68. The topological polar surface area (TPSA) is 79.8 Å². The summed E-state index contributed by atoms with van der Waals surface area (Å²) in [6.07, 6.45) is 4.63. The number of halogens is 1. The van der Waals surface area contributed by atoms with E-state index in [9.17, 15) is 4.79 Å². The maximum absolute atomic E-state index is 12.1. The van der Waals surface area contributed by atoms with Gasteiger partial charge in [0.1, 0.15) is 10.4 Å². The van der Waals surface area contributed by atoms with Gasteiger partial charge in [-0.25, -0.2) is 15.0 Å². The molecule has 2 aromatic rings. The zero-order valence-electron chi connectivity index (χ0n) is 10.2. The van der Waals surface area contributed by atoms with E-state index in [0.717, 1.165) is 0 Å². The fraction of sp³-hybridized carbons (Fsp3) is 0.167. The third-order valence-corrected chi connectivity index (χ3v) is 2.67. The highest BCUT2D eigenvalue weighted by atomic mass is 79.9. The number of hydrogen-bond acceptors (Lipinski definition) is 5. The second-order valence-corrected chi connectivity index (χ2v) is 4.42. The lowest BCUT2D eigenvalue weighted by molar-refractivity contribution is 0.102. The van der Waals surface area contributed by atoms with Crippen LogP contribution < -0.4 is 10.6 Å². The summed E-state index contributed by atoms with van der Waals surface area (Å²) in [5.41, 5.74) is 0.467. The number of hydrogen-bond donors (Lipinski definition) is 2. The Kier molecular flexibility index (Phi) is 4.40. The Hall–Kier alpha value is -2.02. The van der Waals surface area contributed by atoms with Crippen molar-refractivity contribution in [3.63, 3.8) is 0 Å². The molecule has 2 rings (SSSR count). The van der Waals surface area contributed by atoms with E-state index in [1.54, 1.807) is 18.3 Å². The summed E-state index contributed by atoms with van der Waals surface area (Å²) in [5.74, 6) is 0.660. The number of pyridine rings is 1. The molecular formula is C12H12BrN5O. The molecule has 6 nitrogen and oxygen atoms in total. The molecule has 2 aromatic heterocycles. The molecule has 0 radical (unpaired) electrons. The predicted octanol–water partition coefficient (Wildman–Crippen LogP) is 2.32. The SMILES string of the molecule is CCNc1ncccc1C(=O)Nc1cnc(Br)cn1. The zero-order valence-corrected chi connectivity index (χ0v) is 11.8. The molecule has 19 heavy (non-hydrogen) atoms. The number of carbonyl (C=O) groups is 1. The van der Waals surface area contributed by atoms with E-state index >= 15 is 0 Å². The summed E-state index contributed by atoms with van der Waals surface area (Å²) in [4.78, 5) is 24.3. The highest BCUT2D eigenvalue weighted by Crippen LogP contribution is 2.13. The van der Waals surface area contributed by atoms with E-state index in [1.807, 2.05) is 6.92 Å². The maximum Gasteiger partial charge on any atom is 0.260 e. The number of amides is 1. The van der Waals surface area contributed by atoms with Gasteiger partial charge in [-0.2, -0.15) is 0 Å². The number of nitrogens with one attached hydrogen (secondary N) is 2. The van der Waals surface area contributed by atoms with Gasteiger partial charge in [0.05, 0.1) is 18.0 Å². The molecule has 0 aliphatic heterocycles. The minimum Gasteiger partial charge on any atom is -0.370 e. The van der Waals surface area contributed by atoms with E-state index < -0.39 is 0 Å². The monoisotopic (exact) mass is 321 g/mol. The lowest BCUT2D eigenvalue weighted by Crippen LogP contribution is -2.16. The molecule has 0 saturated carbocycles. The minimum absolute atomic E-state index is 0.277. The van der Waals surface area contributed by atoms with Crippen LogP contribution in [0.4, 0.5) is 11.6 Å². The van der Waals surface area contributed by atoms with Crippen molar-refractivity contribution in [1.29, 1.82) is 0 Å². The normalized spacial score (nSPS) is 10.0. The minimum atomic E-state index is -0.277. The molecule has 0 atom stereocenters. The lowest BCUT2D eigenvalue weighted by atomic mass is 10.2. The Balaban J connectivity index is 2.18. The molecule has 0 unspecified atom stereocenters. The second kappa shape index (κ2) is 6.24. The molecule has 0 fully saturated rings. The fourth-order valence-electron chi connectivity index (χ4n) is 1.46. The van der Waals surface area contributed by atoms with Crippen molar-refractivity contribution in [1.82, 2.24) is 15.0 Å². The first-order valence-corrected chi connectivity index (χ1v) is 6.47. The number of rotatable bonds is 4. The van der Waals surface area contributed by atoms with Crippen molar-refractivity contribution in [2.75, 3.05) is 17.2 Å². The van der Waals surface area contributed by atoms with Gasteiger partial charge in [-0.05, 0) is 35.0 Å². The van der Waals surface area contributed by atoms with Gasteiger partial charge in [-0.3, -0.25) is 4.79 Å². The number of anilines is 2. The van der Waals surface area contributed by atoms with Crippen molar-refractivity contribution in [3.8, 4) is 0 Å². The number of aromatic nitrogens is 3. The van der Waals surface area contributed by atoms with Crippen molar-refractivity contribution >= 4 is 33.5 Å². The lowest BCUT2D eigenvalue weighted by Gasteiger charge is -2.09. The Bertz CT molecular complexity index is 573. The van der Waals surface area contributed by atoms with Crippen LogP contribution in [0.25, 0.3) is 0 Å². The fourth-order valence-corrected chi connectivity index (χ4v) is 1.66. The molecule has 0 saturated heterocycles. The first-order chi connectivity index (χ1) is 9.20. The molecule has 1 amide bonds. The third-order valence-electron chi connectivity index (χ3n) is 2.26. The van der Waals surface area contributed by atoms with Gasteiger partial charge in [0.15, 0.2) is 5.82 Å². The average molecular weight is 322 g/mol. The molecule has 0 aliphatic rings. The van der Waals surface area contributed by atoms with Crippen LogP contribution in [-0.2, 0) is 0 Å². The van der Waals surface area contributed by atoms with E-state index in [4.69, 9.17) is 0 Å². The van der Waals surface area contributed by atoms with Crippen LogP contribution >= 0.6 is 15.9 Å². The third kappa shape index (κ3) is 3.47. The largest absolute Gasteiger partial charge is 0.370 e. The van der Waals surface area contributed by atoms with Gasteiger partial charge in [-0.15, -0.1) is 0 Å². The molecule has 2 heterocycles. The van der Waals surface area contributed by atoms with E-state index in [1.165, 1.54) is 12.4 Å². The molecular weight excluding hydrogens is 310 g/mol. The van der Waals surface area contributed by atoms with Crippen LogP contribution in [0.5, 0.6) is 0 Å². The molecule has 98 valence electrons. The molecule has 2 N–H and O–H groups in total. The zero-order chi connectivity index (χ0) is 13.7. The van der Waals surface area contributed by atoms with Gasteiger partial charge in [-0.1, -0.05) is 0 Å². The van der Waals surface area contributed by atoms with Gasteiger partial charge < -0.3 is 10.6 Å². The first kappa shape index (κ1) is 13.4. The summed E-state index contributed by atoms with van der Waals surface area (Å²) >= 11 is 3.18. The van der Waals surface area contributed by atoms with Gasteiger partial charge in [0.25, 0.3) is 5.91 Å². The maximum atomic E-state index is 12.1. The summed E-state index contributed by atoms with van der Waals surface area (Å²) in [6.45, 7) is 2.63. The Morgan fingerprint density at radius 2 is 2.16 bits per heavy atom. The molecule has 0 aliphatic carbocycles. The average Bonchev–Trinajstić information content (AvgIpc) is 2.42. The number of carbonyl (C=O) groups excluding carboxylic acids is 1. The van der Waals surface area contributed by atoms with Crippen LogP contribution in [0.2, 0.25) is 0 Å². The summed E-state index contributed by atoms with van der Waals surface area (Å²) in [5, 5.41) is 5.71. The van der Waals surface area contributed by atoms with Crippen molar-refractivity contribution in [3.05, 3.63) is 40.9 Å². The van der Waals surface area contributed by atoms with Gasteiger partial charge >= 0.3 is 0 Å².